The van der Waals surface area contributed by atoms with Crippen molar-refractivity contribution in [3.63, 3.8) is 0 Å². The van der Waals surface area contributed by atoms with Crippen molar-refractivity contribution in [3.8, 4) is 0 Å². The molecule has 0 atom stereocenters. The maximum Gasteiger partial charge on any atom is 0.168 e. The highest BCUT2D eigenvalue weighted by atomic mass is 16.7. The summed E-state index contributed by atoms with van der Waals surface area (Å²) < 4.78 is 10.1. The molecule has 0 aromatic carbocycles. The summed E-state index contributed by atoms with van der Waals surface area (Å²) in [4.78, 5) is 0. The SMILES string of the molecule is C=CCC(C)(OC)OC. The zero-order chi connectivity index (χ0) is 7.33. The van der Waals surface area contributed by atoms with E-state index in [0.717, 1.165) is 0 Å². The Labute approximate surface area is 56.5 Å². The van der Waals surface area contributed by atoms with Gasteiger partial charge in [-0.25, -0.2) is 0 Å². The van der Waals surface area contributed by atoms with E-state index in [1.165, 1.54) is 0 Å². The topological polar surface area (TPSA) is 18.5 Å². The highest BCUT2D eigenvalue weighted by molar-refractivity contribution is 4.76. The average Bonchev–Trinajstić information content (AvgIpc) is 1.89. The zero-order valence-corrected chi connectivity index (χ0v) is 6.31. The molecule has 0 saturated heterocycles. The fourth-order valence-electron chi connectivity index (χ4n) is 0.512. The van der Waals surface area contributed by atoms with E-state index in [0.29, 0.717) is 6.42 Å². The van der Waals surface area contributed by atoms with Gasteiger partial charge in [-0.3, -0.25) is 0 Å². The van der Waals surface area contributed by atoms with E-state index in [1.54, 1.807) is 20.3 Å². The van der Waals surface area contributed by atoms with Crippen LogP contribution in [0.5, 0.6) is 0 Å². The molecule has 0 fully saturated rings. The second-order valence-corrected chi connectivity index (χ2v) is 2.03. The summed E-state index contributed by atoms with van der Waals surface area (Å²) in [5.74, 6) is -0.484. The molecule has 0 amide bonds. The maximum absolute atomic E-state index is 5.03. The molecule has 0 aliphatic carbocycles. The summed E-state index contributed by atoms with van der Waals surface area (Å²) >= 11 is 0. The van der Waals surface area contributed by atoms with E-state index < -0.39 is 5.79 Å². The quantitative estimate of drug-likeness (QED) is 0.425. The van der Waals surface area contributed by atoms with Crippen molar-refractivity contribution in [2.45, 2.75) is 19.1 Å². The monoisotopic (exact) mass is 130 g/mol. The summed E-state index contributed by atoms with van der Waals surface area (Å²) in [6.45, 7) is 5.45. The smallest absolute Gasteiger partial charge is 0.168 e. The second-order valence-electron chi connectivity index (χ2n) is 2.03. The Morgan fingerprint density at radius 3 is 2.00 bits per heavy atom. The molecule has 0 bridgehead atoms. The fraction of sp³-hybridized carbons (Fsp3) is 0.714. The molecular formula is C7H14O2. The normalized spacial score (nSPS) is 11.4. The summed E-state index contributed by atoms with van der Waals surface area (Å²) in [7, 11) is 3.24. The molecule has 0 aliphatic heterocycles. The van der Waals surface area contributed by atoms with Gasteiger partial charge in [0.15, 0.2) is 5.79 Å². The predicted molar refractivity (Wildman–Crippen MR) is 37.2 cm³/mol. The second kappa shape index (κ2) is 3.64. The van der Waals surface area contributed by atoms with Gasteiger partial charge >= 0.3 is 0 Å². The van der Waals surface area contributed by atoms with Crippen LogP contribution in [0.3, 0.4) is 0 Å². The van der Waals surface area contributed by atoms with Crippen LogP contribution in [-0.4, -0.2) is 20.0 Å². The van der Waals surface area contributed by atoms with Gasteiger partial charge in [-0.1, -0.05) is 6.08 Å². The highest BCUT2D eigenvalue weighted by Crippen LogP contribution is 2.14. The van der Waals surface area contributed by atoms with Crippen LogP contribution in [0.2, 0.25) is 0 Å². The molecule has 0 heterocycles. The van der Waals surface area contributed by atoms with E-state index in [9.17, 15) is 0 Å². The lowest BCUT2D eigenvalue weighted by molar-refractivity contribution is -0.190. The van der Waals surface area contributed by atoms with Crippen molar-refractivity contribution >= 4 is 0 Å². The van der Waals surface area contributed by atoms with Gasteiger partial charge in [0.05, 0.1) is 0 Å². The van der Waals surface area contributed by atoms with Crippen LogP contribution >= 0.6 is 0 Å². The molecule has 2 heteroatoms. The number of methoxy groups -OCH3 is 2. The van der Waals surface area contributed by atoms with Crippen molar-refractivity contribution in [2.75, 3.05) is 14.2 Å². The minimum atomic E-state index is -0.484. The number of rotatable bonds is 4. The third-order valence-electron chi connectivity index (χ3n) is 1.38. The van der Waals surface area contributed by atoms with Crippen molar-refractivity contribution in [2.24, 2.45) is 0 Å². The van der Waals surface area contributed by atoms with Gasteiger partial charge in [-0.05, 0) is 6.92 Å². The molecule has 0 radical (unpaired) electrons. The number of hydrogen-bond acceptors (Lipinski definition) is 2. The van der Waals surface area contributed by atoms with Crippen LogP contribution in [0.25, 0.3) is 0 Å². The maximum atomic E-state index is 5.03. The van der Waals surface area contributed by atoms with Crippen molar-refractivity contribution in [3.05, 3.63) is 12.7 Å². The zero-order valence-electron chi connectivity index (χ0n) is 6.31. The molecule has 54 valence electrons. The summed E-state index contributed by atoms with van der Waals surface area (Å²) in [6.07, 6.45) is 2.48. The number of ether oxygens (including phenoxy) is 2. The number of hydrogen-bond donors (Lipinski definition) is 0. The van der Waals surface area contributed by atoms with Crippen molar-refractivity contribution in [1.82, 2.24) is 0 Å². The molecule has 0 saturated carbocycles. The molecule has 0 aromatic heterocycles. The first-order valence-electron chi connectivity index (χ1n) is 2.89. The minimum Gasteiger partial charge on any atom is -0.353 e. The van der Waals surface area contributed by atoms with Gasteiger partial charge in [-0.2, -0.15) is 0 Å². The first-order valence-corrected chi connectivity index (χ1v) is 2.89. The van der Waals surface area contributed by atoms with Gasteiger partial charge < -0.3 is 9.47 Å². The van der Waals surface area contributed by atoms with Crippen LogP contribution in [0.1, 0.15) is 13.3 Å². The van der Waals surface area contributed by atoms with Crippen LogP contribution in [0, 0.1) is 0 Å². The largest absolute Gasteiger partial charge is 0.353 e. The molecule has 9 heavy (non-hydrogen) atoms. The molecule has 0 N–H and O–H groups in total. The Morgan fingerprint density at radius 1 is 1.44 bits per heavy atom. The summed E-state index contributed by atoms with van der Waals surface area (Å²) in [6, 6.07) is 0. The Morgan fingerprint density at radius 2 is 1.89 bits per heavy atom. The summed E-state index contributed by atoms with van der Waals surface area (Å²) in [5.41, 5.74) is 0. The molecule has 0 rings (SSSR count). The van der Waals surface area contributed by atoms with Gasteiger partial charge in [0, 0.05) is 20.6 Å². The minimum absolute atomic E-state index is 0.484. The van der Waals surface area contributed by atoms with Crippen molar-refractivity contribution in [1.29, 1.82) is 0 Å². The van der Waals surface area contributed by atoms with Crippen LogP contribution in [-0.2, 0) is 9.47 Å². The highest BCUT2D eigenvalue weighted by Gasteiger charge is 2.19. The first-order chi connectivity index (χ1) is 4.18. The van der Waals surface area contributed by atoms with E-state index in [4.69, 9.17) is 9.47 Å². The lowest BCUT2D eigenvalue weighted by Crippen LogP contribution is -2.28. The molecule has 0 aromatic rings. The van der Waals surface area contributed by atoms with E-state index in [-0.39, 0.29) is 0 Å². The lowest BCUT2D eigenvalue weighted by Gasteiger charge is -2.24. The molecule has 0 unspecified atom stereocenters. The van der Waals surface area contributed by atoms with Crippen LogP contribution in [0.15, 0.2) is 12.7 Å². The van der Waals surface area contributed by atoms with Crippen LogP contribution < -0.4 is 0 Å². The predicted octanol–water partition coefficient (Wildman–Crippen LogP) is 1.57. The Kier molecular flexibility index (Phi) is 3.50. The van der Waals surface area contributed by atoms with Gasteiger partial charge in [0.2, 0.25) is 0 Å². The molecule has 2 nitrogen and oxygen atoms in total. The summed E-state index contributed by atoms with van der Waals surface area (Å²) in [5, 5.41) is 0. The Hall–Kier alpha value is -0.340. The lowest BCUT2D eigenvalue weighted by atomic mass is 10.2. The van der Waals surface area contributed by atoms with E-state index in [1.807, 2.05) is 6.92 Å². The van der Waals surface area contributed by atoms with Gasteiger partial charge in [0.25, 0.3) is 0 Å². The molecule has 0 spiro atoms. The van der Waals surface area contributed by atoms with Crippen LogP contribution in [0.4, 0.5) is 0 Å². The fourth-order valence-corrected chi connectivity index (χ4v) is 0.512. The standard InChI is InChI=1S/C7H14O2/c1-5-6-7(2,8-3)9-4/h5H,1,6H2,2-4H3. The van der Waals surface area contributed by atoms with Gasteiger partial charge in [-0.15, -0.1) is 6.58 Å². The molecular weight excluding hydrogens is 116 g/mol. The Balaban J connectivity index is 3.75. The third-order valence-corrected chi connectivity index (χ3v) is 1.38. The Bertz CT molecular complexity index is 84.9. The first kappa shape index (κ1) is 8.66. The van der Waals surface area contributed by atoms with Gasteiger partial charge in [0.1, 0.15) is 0 Å². The average molecular weight is 130 g/mol. The molecule has 0 aliphatic rings. The van der Waals surface area contributed by atoms with E-state index in [2.05, 4.69) is 6.58 Å². The third kappa shape index (κ3) is 2.63. The van der Waals surface area contributed by atoms with E-state index >= 15 is 0 Å². The van der Waals surface area contributed by atoms with Crippen molar-refractivity contribution < 1.29 is 9.47 Å².